The summed E-state index contributed by atoms with van der Waals surface area (Å²) in [5.41, 5.74) is 8.18. The van der Waals surface area contributed by atoms with Crippen molar-refractivity contribution in [3.05, 3.63) is 35.4 Å². The molecular formula is C14H24N2O. The molecule has 0 fully saturated rings. The summed E-state index contributed by atoms with van der Waals surface area (Å²) in [6.07, 6.45) is 0.959. The minimum atomic E-state index is 0.716. The summed E-state index contributed by atoms with van der Waals surface area (Å²) in [7, 11) is 2.12. The van der Waals surface area contributed by atoms with Gasteiger partial charge in [-0.1, -0.05) is 24.3 Å². The third-order valence-corrected chi connectivity index (χ3v) is 2.73. The molecule has 0 unspecified atom stereocenters. The Bertz CT molecular complexity index is 298. The van der Waals surface area contributed by atoms with Gasteiger partial charge >= 0.3 is 0 Å². The largest absolute Gasteiger partial charge is 0.380 e. The lowest BCUT2D eigenvalue weighted by atomic mass is 10.1. The van der Waals surface area contributed by atoms with Gasteiger partial charge in [-0.25, -0.2) is 0 Å². The van der Waals surface area contributed by atoms with E-state index in [0.717, 1.165) is 32.7 Å². The summed E-state index contributed by atoms with van der Waals surface area (Å²) in [4.78, 5) is 2.27. The molecule has 1 aromatic rings. The van der Waals surface area contributed by atoms with Crippen LogP contribution in [0, 0.1) is 0 Å². The summed E-state index contributed by atoms with van der Waals surface area (Å²) in [5.74, 6) is 0. The van der Waals surface area contributed by atoms with E-state index < -0.39 is 0 Å². The molecule has 2 N–H and O–H groups in total. The highest BCUT2D eigenvalue weighted by molar-refractivity contribution is 5.22. The molecule has 0 aromatic heterocycles. The fraction of sp³-hybridized carbons (Fsp3) is 0.571. The number of nitrogens with zero attached hydrogens (tertiary/aromatic N) is 1. The molecule has 17 heavy (non-hydrogen) atoms. The Morgan fingerprint density at radius 3 is 2.41 bits per heavy atom. The van der Waals surface area contributed by atoms with Crippen LogP contribution in [0.3, 0.4) is 0 Å². The van der Waals surface area contributed by atoms with Gasteiger partial charge in [0.2, 0.25) is 0 Å². The highest BCUT2D eigenvalue weighted by atomic mass is 16.5. The molecule has 0 radical (unpaired) electrons. The second-order valence-corrected chi connectivity index (χ2v) is 4.29. The first-order valence-corrected chi connectivity index (χ1v) is 6.30. The maximum absolute atomic E-state index is 5.53. The molecule has 0 amide bonds. The van der Waals surface area contributed by atoms with Crippen LogP contribution in [-0.2, 0) is 17.7 Å². The summed E-state index contributed by atoms with van der Waals surface area (Å²) in [6, 6.07) is 8.70. The number of nitrogens with two attached hydrogens (primary N) is 1. The van der Waals surface area contributed by atoms with Gasteiger partial charge in [-0.05, 0) is 38.1 Å². The van der Waals surface area contributed by atoms with E-state index in [1.165, 1.54) is 11.1 Å². The summed E-state index contributed by atoms with van der Waals surface area (Å²) < 4.78 is 5.34. The fourth-order valence-corrected chi connectivity index (χ4v) is 1.73. The van der Waals surface area contributed by atoms with E-state index in [4.69, 9.17) is 10.5 Å². The first-order valence-electron chi connectivity index (χ1n) is 6.30. The van der Waals surface area contributed by atoms with E-state index >= 15 is 0 Å². The van der Waals surface area contributed by atoms with E-state index in [1.807, 2.05) is 6.92 Å². The number of hydrogen-bond acceptors (Lipinski definition) is 3. The first kappa shape index (κ1) is 14.2. The van der Waals surface area contributed by atoms with Crippen molar-refractivity contribution in [2.45, 2.75) is 19.9 Å². The predicted molar refractivity (Wildman–Crippen MR) is 72.0 cm³/mol. The lowest BCUT2D eigenvalue weighted by Crippen LogP contribution is -2.22. The van der Waals surface area contributed by atoms with Crippen molar-refractivity contribution in [1.82, 2.24) is 4.90 Å². The molecule has 3 heteroatoms. The second-order valence-electron chi connectivity index (χ2n) is 4.29. The zero-order valence-corrected chi connectivity index (χ0v) is 11.0. The van der Waals surface area contributed by atoms with Gasteiger partial charge < -0.3 is 10.5 Å². The fourth-order valence-electron chi connectivity index (χ4n) is 1.73. The van der Waals surface area contributed by atoms with Crippen molar-refractivity contribution in [2.24, 2.45) is 5.73 Å². The Kier molecular flexibility index (Phi) is 6.86. The zero-order chi connectivity index (χ0) is 12.5. The number of hydrogen-bond donors (Lipinski definition) is 1. The Labute approximate surface area is 105 Å². The molecule has 0 spiro atoms. The Morgan fingerprint density at radius 2 is 1.82 bits per heavy atom. The molecule has 3 nitrogen and oxygen atoms in total. The van der Waals surface area contributed by atoms with Crippen molar-refractivity contribution in [3.63, 3.8) is 0 Å². The van der Waals surface area contributed by atoms with Crippen LogP contribution in [0.5, 0.6) is 0 Å². The standard InChI is InChI=1S/C14H24N2O/c1-3-17-11-10-16(2)12-14-6-4-13(5-7-14)8-9-15/h4-7H,3,8-12,15H2,1-2H3. The van der Waals surface area contributed by atoms with E-state index in [2.05, 4.69) is 36.2 Å². The van der Waals surface area contributed by atoms with Crippen LogP contribution < -0.4 is 5.73 Å². The van der Waals surface area contributed by atoms with E-state index in [0.29, 0.717) is 6.54 Å². The van der Waals surface area contributed by atoms with Crippen LogP contribution >= 0.6 is 0 Å². The van der Waals surface area contributed by atoms with Crippen LogP contribution in [0.2, 0.25) is 0 Å². The number of likely N-dealkylation sites (N-methyl/N-ethyl adjacent to an activating group) is 1. The van der Waals surface area contributed by atoms with Gasteiger partial charge in [0.25, 0.3) is 0 Å². The third-order valence-electron chi connectivity index (χ3n) is 2.73. The van der Waals surface area contributed by atoms with Gasteiger partial charge in [-0.2, -0.15) is 0 Å². The molecule has 0 atom stereocenters. The number of benzene rings is 1. The highest BCUT2D eigenvalue weighted by Crippen LogP contribution is 2.07. The topological polar surface area (TPSA) is 38.5 Å². The Balaban J connectivity index is 2.34. The monoisotopic (exact) mass is 236 g/mol. The summed E-state index contributed by atoms with van der Waals surface area (Å²) in [5, 5.41) is 0. The maximum atomic E-state index is 5.53. The second kappa shape index (κ2) is 8.23. The van der Waals surface area contributed by atoms with Gasteiger partial charge in [0.1, 0.15) is 0 Å². The molecule has 0 bridgehead atoms. The van der Waals surface area contributed by atoms with Gasteiger partial charge in [-0.15, -0.1) is 0 Å². The molecular weight excluding hydrogens is 212 g/mol. The van der Waals surface area contributed by atoms with Crippen molar-refractivity contribution < 1.29 is 4.74 Å². The lowest BCUT2D eigenvalue weighted by Gasteiger charge is -2.16. The zero-order valence-electron chi connectivity index (χ0n) is 11.0. The average Bonchev–Trinajstić information content (AvgIpc) is 2.32. The molecule has 0 saturated heterocycles. The smallest absolute Gasteiger partial charge is 0.0593 e. The first-order chi connectivity index (χ1) is 8.26. The predicted octanol–water partition coefficient (Wildman–Crippen LogP) is 1.66. The number of ether oxygens (including phenoxy) is 1. The van der Waals surface area contributed by atoms with Crippen molar-refractivity contribution in [2.75, 3.05) is 33.4 Å². The van der Waals surface area contributed by atoms with Crippen LogP contribution in [-0.4, -0.2) is 38.3 Å². The van der Waals surface area contributed by atoms with Gasteiger partial charge in [0.15, 0.2) is 0 Å². The molecule has 0 aliphatic heterocycles. The lowest BCUT2D eigenvalue weighted by molar-refractivity contribution is 0.120. The number of rotatable bonds is 8. The molecule has 0 aliphatic carbocycles. The van der Waals surface area contributed by atoms with E-state index in [-0.39, 0.29) is 0 Å². The van der Waals surface area contributed by atoms with Gasteiger partial charge in [-0.3, -0.25) is 4.90 Å². The van der Waals surface area contributed by atoms with E-state index in [9.17, 15) is 0 Å². The Morgan fingerprint density at radius 1 is 1.18 bits per heavy atom. The van der Waals surface area contributed by atoms with E-state index in [1.54, 1.807) is 0 Å². The third kappa shape index (κ3) is 5.82. The van der Waals surface area contributed by atoms with Crippen LogP contribution in [0.1, 0.15) is 18.1 Å². The highest BCUT2D eigenvalue weighted by Gasteiger charge is 2.00. The molecule has 0 aliphatic rings. The van der Waals surface area contributed by atoms with Gasteiger partial charge in [0, 0.05) is 19.7 Å². The maximum Gasteiger partial charge on any atom is 0.0593 e. The van der Waals surface area contributed by atoms with Crippen LogP contribution in [0.4, 0.5) is 0 Å². The molecule has 1 rings (SSSR count). The van der Waals surface area contributed by atoms with Crippen LogP contribution in [0.15, 0.2) is 24.3 Å². The normalized spacial score (nSPS) is 11.1. The quantitative estimate of drug-likeness (QED) is 0.698. The van der Waals surface area contributed by atoms with Crippen molar-refractivity contribution in [1.29, 1.82) is 0 Å². The van der Waals surface area contributed by atoms with Crippen molar-refractivity contribution >= 4 is 0 Å². The molecule has 0 heterocycles. The SMILES string of the molecule is CCOCCN(C)Cc1ccc(CCN)cc1. The summed E-state index contributed by atoms with van der Waals surface area (Å²) >= 11 is 0. The molecule has 0 saturated carbocycles. The average molecular weight is 236 g/mol. The van der Waals surface area contributed by atoms with Gasteiger partial charge in [0.05, 0.1) is 6.61 Å². The summed E-state index contributed by atoms with van der Waals surface area (Å²) in [6.45, 7) is 6.28. The van der Waals surface area contributed by atoms with Crippen molar-refractivity contribution in [3.8, 4) is 0 Å². The molecule has 96 valence electrons. The minimum Gasteiger partial charge on any atom is -0.380 e. The minimum absolute atomic E-state index is 0.716. The molecule has 1 aromatic carbocycles. The Hall–Kier alpha value is -0.900. The van der Waals surface area contributed by atoms with Crippen LogP contribution in [0.25, 0.3) is 0 Å².